The third-order valence-corrected chi connectivity index (χ3v) is 5.44. The van der Waals surface area contributed by atoms with E-state index in [1.165, 1.54) is 12.1 Å². The van der Waals surface area contributed by atoms with Crippen molar-refractivity contribution >= 4 is 28.5 Å². The number of para-hydroxylation sites is 1. The van der Waals surface area contributed by atoms with Crippen LogP contribution in [0.1, 0.15) is 40.0 Å². The van der Waals surface area contributed by atoms with E-state index >= 15 is 0 Å². The Kier molecular flexibility index (Phi) is 6.01. The summed E-state index contributed by atoms with van der Waals surface area (Å²) in [7, 11) is 0. The van der Waals surface area contributed by atoms with Crippen LogP contribution >= 0.6 is 0 Å². The molecule has 0 fully saturated rings. The summed E-state index contributed by atoms with van der Waals surface area (Å²) >= 11 is 0. The fraction of sp³-hybridized carbons (Fsp3) is 0.250. The van der Waals surface area contributed by atoms with Crippen LogP contribution in [-0.4, -0.2) is 34.5 Å². The van der Waals surface area contributed by atoms with Crippen LogP contribution in [-0.2, 0) is 6.42 Å². The third-order valence-electron chi connectivity index (χ3n) is 5.44. The molecule has 0 amide bonds. The molecule has 178 valence electrons. The molecule has 0 bridgehead atoms. The maximum atomic E-state index is 13.5. The van der Waals surface area contributed by atoms with Gasteiger partial charge in [0.15, 0.2) is 0 Å². The van der Waals surface area contributed by atoms with Crippen LogP contribution in [0, 0.1) is 0 Å². The SMILES string of the molecule is O=C(O)c1c2c(nc3ccccc13)/C(=C/c1ccc(OC(F)(F)C(F)C(F)(F)F)cc1)CCC2. The zero-order chi connectivity index (χ0) is 24.7. The van der Waals surface area contributed by atoms with Crippen LogP contribution in [0.2, 0.25) is 0 Å². The number of allylic oxidation sites excluding steroid dienone is 1. The normalized spacial score (nSPS) is 16.4. The number of nitrogens with zero attached hydrogens (tertiary/aromatic N) is 1. The number of carboxylic acids is 1. The highest BCUT2D eigenvalue weighted by Gasteiger charge is 2.59. The minimum atomic E-state index is -5.77. The number of rotatable bonds is 5. The molecule has 1 atom stereocenters. The lowest BCUT2D eigenvalue weighted by atomic mass is 9.86. The van der Waals surface area contributed by atoms with Crippen molar-refractivity contribution in [3.05, 3.63) is 70.9 Å². The lowest BCUT2D eigenvalue weighted by Crippen LogP contribution is -2.45. The van der Waals surface area contributed by atoms with Crippen LogP contribution in [0.4, 0.5) is 26.3 Å². The van der Waals surface area contributed by atoms with E-state index in [1.54, 1.807) is 30.3 Å². The Hall–Kier alpha value is -3.56. The number of aromatic carboxylic acids is 1. The predicted octanol–water partition coefficient (Wildman–Crippen LogP) is 6.68. The second kappa shape index (κ2) is 8.66. The van der Waals surface area contributed by atoms with E-state index in [1.807, 2.05) is 0 Å². The highest BCUT2D eigenvalue weighted by molar-refractivity contribution is 6.05. The summed E-state index contributed by atoms with van der Waals surface area (Å²) < 4.78 is 80.8. The summed E-state index contributed by atoms with van der Waals surface area (Å²) in [6.45, 7) is 0. The van der Waals surface area contributed by atoms with Crippen LogP contribution in [0.15, 0.2) is 48.5 Å². The molecule has 1 aliphatic carbocycles. The van der Waals surface area contributed by atoms with Crippen molar-refractivity contribution in [3.8, 4) is 5.75 Å². The average molecular weight is 481 g/mol. The maximum absolute atomic E-state index is 13.5. The molecule has 10 heteroatoms. The molecule has 1 N–H and O–H groups in total. The zero-order valence-corrected chi connectivity index (χ0v) is 17.4. The first-order chi connectivity index (χ1) is 16.0. The number of ether oxygens (including phenoxy) is 1. The van der Waals surface area contributed by atoms with Gasteiger partial charge in [0.2, 0.25) is 0 Å². The van der Waals surface area contributed by atoms with Gasteiger partial charge in [0, 0.05) is 5.39 Å². The largest absolute Gasteiger partial charge is 0.478 e. The van der Waals surface area contributed by atoms with E-state index in [0.717, 1.165) is 17.7 Å². The fourth-order valence-corrected chi connectivity index (χ4v) is 3.95. The first-order valence-electron chi connectivity index (χ1n) is 10.2. The summed E-state index contributed by atoms with van der Waals surface area (Å²) in [5.74, 6) is -1.70. The van der Waals surface area contributed by atoms with Crippen LogP contribution < -0.4 is 4.74 Å². The molecule has 4 nitrogen and oxygen atoms in total. The standard InChI is InChI=1S/C24H17F6NO3/c25-22(23(26,27)28)24(29,30)34-15-10-8-13(9-11-15)12-14-4-3-6-17-19(21(32)33)16-5-1-2-7-18(16)31-20(14)17/h1-2,5,7-12,22H,3-4,6H2,(H,32,33)/b14-12+. The van der Waals surface area contributed by atoms with Crippen molar-refractivity contribution in [3.63, 3.8) is 0 Å². The van der Waals surface area contributed by atoms with Crippen LogP contribution in [0.5, 0.6) is 5.75 Å². The molecule has 0 spiro atoms. The molecule has 0 saturated carbocycles. The molecule has 3 aromatic rings. The molecular formula is C24H17F6NO3. The number of fused-ring (bicyclic) bond motifs is 2. The smallest absolute Gasteiger partial charge is 0.439 e. The van der Waals surface area contributed by atoms with Gasteiger partial charge in [0.1, 0.15) is 5.75 Å². The van der Waals surface area contributed by atoms with E-state index in [2.05, 4.69) is 9.72 Å². The molecule has 2 aromatic carbocycles. The van der Waals surface area contributed by atoms with E-state index in [-0.39, 0.29) is 5.56 Å². The summed E-state index contributed by atoms with van der Waals surface area (Å²) in [6.07, 6.45) is -11.8. The molecule has 0 aliphatic heterocycles. The fourth-order valence-electron chi connectivity index (χ4n) is 3.95. The lowest BCUT2D eigenvalue weighted by Gasteiger charge is -2.23. The number of carboxylic acid groups (broad SMARTS) is 1. The monoisotopic (exact) mass is 481 g/mol. The summed E-state index contributed by atoms with van der Waals surface area (Å²) in [5.41, 5.74) is 3.06. The number of aromatic nitrogens is 1. The van der Waals surface area contributed by atoms with E-state index in [9.17, 15) is 36.2 Å². The summed E-state index contributed by atoms with van der Waals surface area (Å²) in [6, 6.07) is 11.5. The number of carbonyl (C=O) groups is 1. The van der Waals surface area contributed by atoms with Gasteiger partial charge < -0.3 is 9.84 Å². The van der Waals surface area contributed by atoms with Crippen molar-refractivity contribution in [1.29, 1.82) is 0 Å². The zero-order valence-electron chi connectivity index (χ0n) is 17.4. The predicted molar refractivity (Wildman–Crippen MR) is 112 cm³/mol. The molecule has 0 saturated heterocycles. The van der Waals surface area contributed by atoms with Gasteiger partial charge in [0.25, 0.3) is 6.17 Å². The average Bonchev–Trinajstić information content (AvgIpc) is 2.77. The van der Waals surface area contributed by atoms with E-state index in [4.69, 9.17) is 0 Å². The van der Waals surface area contributed by atoms with Gasteiger partial charge in [-0.15, -0.1) is 0 Å². The van der Waals surface area contributed by atoms with Crippen molar-refractivity contribution < 1.29 is 41.0 Å². The van der Waals surface area contributed by atoms with Crippen molar-refractivity contribution in [2.45, 2.75) is 37.7 Å². The number of hydrogen-bond donors (Lipinski definition) is 1. The topological polar surface area (TPSA) is 59.4 Å². The highest BCUT2D eigenvalue weighted by Crippen LogP contribution is 2.38. The highest BCUT2D eigenvalue weighted by atomic mass is 19.4. The molecule has 0 radical (unpaired) electrons. The third kappa shape index (κ3) is 4.57. The van der Waals surface area contributed by atoms with Crippen molar-refractivity contribution in [2.75, 3.05) is 0 Å². The number of hydrogen-bond acceptors (Lipinski definition) is 3. The minimum Gasteiger partial charge on any atom is -0.478 e. The van der Waals surface area contributed by atoms with Crippen molar-refractivity contribution in [1.82, 2.24) is 4.98 Å². The Morgan fingerprint density at radius 2 is 1.71 bits per heavy atom. The molecule has 34 heavy (non-hydrogen) atoms. The van der Waals surface area contributed by atoms with Gasteiger partial charge in [-0.25, -0.2) is 14.2 Å². The molecular weight excluding hydrogens is 464 g/mol. The first kappa shape index (κ1) is 23.6. The number of halogens is 6. The Balaban J connectivity index is 1.66. The van der Waals surface area contributed by atoms with Gasteiger partial charge in [-0.3, -0.25) is 0 Å². The molecule has 1 heterocycles. The first-order valence-corrected chi connectivity index (χ1v) is 10.2. The number of pyridine rings is 1. The lowest BCUT2D eigenvalue weighted by molar-refractivity contribution is -0.304. The minimum absolute atomic E-state index is 0.183. The quantitative estimate of drug-likeness (QED) is 0.413. The second-order valence-corrected chi connectivity index (χ2v) is 7.80. The molecule has 4 rings (SSSR count). The molecule has 1 unspecified atom stereocenters. The van der Waals surface area contributed by atoms with E-state index < -0.39 is 30.2 Å². The van der Waals surface area contributed by atoms with Crippen LogP contribution in [0.3, 0.4) is 0 Å². The Morgan fingerprint density at radius 3 is 2.35 bits per heavy atom. The number of alkyl halides is 6. The Bertz CT molecular complexity index is 1270. The van der Waals surface area contributed by atoms with Gasteiger partial charge in [0.05, 0.1) is 16.8 Å². The van der Waals surface area contributed by atoms with Gasteiger partial charge in [-0.05, 0) is 60.2 Å². The Labute approximate surface area is 189 Å². The van der Waals surface area contributed by atoms with E-state index in [0.29, 0.717) is 47.0 Å². The molecule has 1 aromatic heterocycles. The summed E-state index contributed by atoms with van der Waals surface area (Å²) in [5, 5.41) is 10.3. The van der Waals surface area contributed by atoms with Gasteiger partial charge in [-0.2, -0.15) is 22.0 Å². The Morgan fingerprint density at radius 1 is 1.03 bits per heavy atom. The van der Waals surface area contributed by atoms with Gasteiger partial charge in [-0.1, -0.05) is 30.3 Å². The number of benzene rings is 2. The van der Waals surface area contributed by atoms with Crippen LogP contribution in [0.25, 0.3) is 22.6 Å². The second-order valence-electron chi connectivity index (χ2n) is 7.80. The maximum Gasteiger partial charge on any atom is 0.439 e. The van der Waals surface area contributed by atoms with Gasteiger partial charge >= 0.3 is 18.3 Å². The molecule has 1 aliphatic rings. The summed E-state index contributed by atoms with van der Waals surface area (Å²) in [4.78, 5) is 16.6. The van der Waals surface area contributed by atoms with Crippen molar-refractivity contribution in [2.24, 2.45) is 0 Å².